The van der Waals surface area contributed by atoms with E-state index in [2.05, 4.69) is 40.0 Å². The molecule has 2 heterocycles. The maximum Gasteiger partial charge on any atom is 0.510 e. The summed E-state index contributed by atoms with van der Waals surface area (Å²) in [5, 5.41) is 15.3. The van der Waals surface area contributed by atoms with Crippen LogP contribution in [-0.2, 0) is 38.9 Å². The minimum Gasteiger partial charge on any atom is -0.429 e. The molecule has 0 atom stereocenters. The van der Waals surface area contributed by atoms with E-state index in [1.165, 1.54) is 5.12 Å². The van der Waals surface area contributed by atoms with Crippen molar-refractivity contribution in [2.75, 3.05) is 6.73 Å². The Labute approximate surface area is 283 Å². The highest BCUT2D eigenvalue weighted by Crippen LogP contribution is 2.40. The first kappa shape index (κ1) is 33.4. The Morgan fingerprint density at radius 1 is 0.959 bits per heavy atom. The molecule has 1 aliphatic carbocycles. The van der Waals surface area contributed by atoms with Crippen molar-refractivity contribution in [1.82, 2.24) is 21.0 Å². The summed E-state index contributed by atoms with van der Waals surface area (Å²) < 4.78 is 10.4. The number of unbranched alkanes of at least 4 members (excludes halogenated alkanes) is 1. The lowest BCUT2D eigenvalue weighted by molar-refractivity contribution is -0.763. The highest BCUT2D eigenvalue weighted by molar-refractivity contribution is 6.08. The van der Waals surface area contributed by atoms with Crippen molar-refractivity contribution >= 4 is 23.7 Å². The average Bonchev–Trinajstić information content (AvgIpc) is 3.86. The first-order valence-corrected chi connectivity index (χ1v) is 16.5. The normalized spacial score (nSPS) is 16.6. The molecule has 1 amide bonds. The molecular formula is C35H39N7O7. The standard InChI is InChI=1S/C35H39N7O7/c1-2-3-13-31-36-35(18-6-7-19-35)33(43)40(31)21-25-14-16-28(17-15-25)29-11-4-5-12-30(29)32-37-39-41(38-32)24-48-34(44)47-22-26-9-8-10-27(20-26)23-49-42(45)46/h4-5,8-12,14-17,20,39H,2-3,6-7,13,18-19,21-24H2,1H3,(H,37,38). The molecule has 3 aromatic carbocycles. The molecule has 0 radical (unpaired) electrons. The van der Waals surface area contributed by atoms with Crippen LogP contribution in [0.1, 0.15) is 74.1 Å². The smallest absolute Gasteiger partial charge is 0.429 e. The van der Waals surface area contributed by atoms with Gasteiger partial charge in [0.05, 0.1) is 6.54 Å². The summed E-state index contributed by atoms with van der Waals surface area (Å²) in [4.78, 5) is 47.5. The van der Waals surface area contributed by atoms with E-state index in [0.717, 1.165) is 73.0 Å². The average molecular weight is 670 g/mol. The Kier molecular flexibility index (Phi) is 10.3. The summed E-state index contributed by atoms with van der Waals surface area (Å²) in [5.74, 6) is 1.61. The number of amidine groups is 2. The SMILES string of the molecule is CCCCC1=NC2(CCCC2)C(=O)N1Cc1ccc(-c2ccccc2C2=NNN(COC(=O)OCc3cccc(CO[N+](=O)[O-])c3)N2)cc1. The number of ether oxygens (including phenoxy) is 2. The van der Waals surface area contributed by atoms with Crippen molar-refractivity contribution in [3.63, 3.8) is 0 Å². The van der Waals surface area contributed by atoms with Crippen molar-refractivity contribution in [3.05, 3.63) is 105 Å². The third-order valence-electron chi connectivity index (χ3n) is 8.79. The van der Waals surface area contributed by atoms with Crippen LogP contribution in [0.4, 0.5) is 4.79 Å². The molecule has 256 valence electrons. The maximum absolute atomic E-state index is 13.6. The molecule has 0 bridgehead atoms. The van der Waals surface area contributed by atoms with E-state index in [9.17, 15) is 19.7 Å². The summed E-state index contributed by atoms with van der Waals surface area (Å²) in [7, 11) is 0. The van der Waals surface area contributed by atoms with Gasteiger partial charge in [-0.1, -0.05) is 104 Å². The lowest BCUT2D eigenvalue weighted by Crippen LogP contribution is -2.43. The van der Waals surface area contributed by atoms with E-state index in [1.54, 1.807) is 24.3 Å². The lowest BCUT2D eigenvalue weighted by atomic mass is 9.97. The van der Waals surface area contributed by atoms with Gasteiger partial charge in [-0.25, -0.2) is 10.3 Å². The number of hydrogen-bond acceptors (Lipinski definition) is 12. The van der Waals surface area contributed by atoms with E-state index < -0.39 is 16.8 Å². The number of hydrazine groups is 2. The van der Waals surface area contributed by atoms with Gasteiger partial charge in [0.15, 0.2) is 12.6 Å². The number of nitrogens with zero attached hydrogens (tertiary/aromatic N) is 5. The van der Waals surface area contributed by atoms with Crippen molar-refractivity contribution in [3.8, 4) is 11.1 Å². The molecule has 49 heavy (non-hydrogen) atoms. The van der Waals surface area contributed by atoms with Gasteiger partial charge in [0.1, 0.15) is 24.6 Å². The van der Waals surface area contributed by atoms with Crippen LogP contribution in [0, 0.1) is 10.1 Å². The Bertz CT molecular complexity index is 1740. The van der Waals surface area contributed by atoms with Gasteiger partial charge in [0.25, 0.3) is 11.0 Å². The number of rotatable bonds is 14. The second-order valence-corrected chi connectivity index (χ2v) is 12.2. The molecule has 0 unspecified atom stereocenters. The topological polar surface area (TPSA) is 160 Å². The molecule has 2 N–H and O–H groups in total. The van der Waals surface area contributed by atoms with E-state index in [0.29, 0.717) is 23.5 Å². The maximum atomic E-state index is 13.6. The van der Waals surface area contributed by atoms with Gasteiger partial charge in [0.2, 0.25) is 0 Å². The third-order valence-corrected chi connectivity index (χ3v) is 8.79. The molecule has 14 heteroatoms. The van der Waals surface area contributed by atoms with Crippen LogP contribution in [0.5, 0.6) is 0 Å². The van der Waals surface area contributed by atoms with Gasteiger partial charge >= 0.3 is 6.16 Å². The Morgan fingerprint density at radius 3 is 2.43 bits per heavy atom. The van der Waals surface area contributed by atoms with E-state index in [-0.39, 0.29) is 25.9 Å². The summed E-state index contributed by atoms with van der Waals surface area (Å²) >= 11 is 0. The fourth-order valence-corrected chi connectivity index (χ4v) is 6.32. The molecule has 3 aliphatic rings. The molecule has 0 saturated heterocycles. The van der Waals surface area contributed by atoms with Gasteiger partial charge in [-0.2, -0.15) is 0 Å². The second kappa shape index (κ2) is 15.2. The number of amides is 1. The van der Waals surface area contributed by atoms with Gasteiger partial charge < -0.3 is 14.3 Å². The van der Waals surface area contributed by atoms with Crippen LogP contribution in [0.2, 0.25) is 0 Å². The molecule has 3 aromatic rings. The third kappa shape index (κ3) is 7.97. The van der Waals surface area contributed by atoms with Crippen molar-refractivity contribution < 1.29 is 29.0 Å². The summed E-state index contributed by atoms with van der Waals surface area (Å²) in [6.45, 7) is 2.17. The quantitative estimate of drug-likeness (QED) is 0.126. The van der Waals surface area contributed by atoms with Gasteiger partial charge in [-0.15, -0.1) is 15.2 Å². The number of aliphatic imine (C=N–C) groups is 1. The van der Waals surface area contributed by atoms with Gasteiger partial charge in [-0.05, 0) is 47.1 Å². The Balaban J connectivity index is 1.03. The minimum absolute atomic E-state index is 0.0807. The fourth-order valence-electron chi connectivity index (χ4n) is 6.32. The zero-order valence-electron chi connectivity index (χ0n) is 27.3. The first-order chi connectivity index (χ1) is 23.8. The van der Waals surface area contributed by atoms with Crippen LogP contribution < -0.4 is 11.0 Å². The van der Waals surface area contributed by atoms with Gasteiger partial charge in [-0.3, -0.25) is 20.1 Å². The summed E-state index contributed by atoms with van der Waals surface area (Å²) in [6, 6.07) is 22.8. The number of hydrogen-bond donors (Lipinski definition) is 2. The monoisotopic (exact) mass is 669 g/mol. The number of carbonyl (C=O) groups excluding carboxylic acids is 2. The predicted octanol–water partition coefficient (Wildman–Crippen LogP) is 5.60. The lowest BCUT2D eigenvalue weighted by Gasteiger charge is -2.23. The highest BCUT2D eigenvalue weighted by atomic mass is 16.9. The number of hydrazone groups is 1. The summed E-state index contributed by atoms with van der Waals surface area (Å²) in [5.41, 5.74) is 10.4. The zero-order valence-corrected chi connectivity index (χ0v) is 27.3. The molecule has 2 aliphatic heterocycles. The van der Waals surface area contributed by atoms with Gasteiger partial charge in [0, 0.05) is 12.0 Å². The molecule has 6 rings (SSSR count). The van der Waals surface area contributed by atoms with Crippen LogP contribution in [-0.4, -0.2) is 51.1 Å². The number of carbonyl (C=O) groups is 2. The van der Waals surface area contributed by atoms with E-state index >= 15 is 0 Å². The molecule has 1 spiro atoms. The van der Waals surface area contributed by atoms with Crippen LogP contribution in [0.3, 0.4) is 0 Å². The molecular weight excluding hydrogens is 630 g/mol. The number of benzene rings is 3. The minimum atomic E-state index is -0.901. The molecule has 14 nitrogen and oxygen atoms in total. The van der Waals surface area contributed by atoms with Crippen molar-refractivity contribution in [2.45, 2.75) is 77.2 Å². The van der Waals surface area contributed by atoms with Crippen molar-refractivity contribution in [2.24, 2.45) is 10.1 Å². The number of nitrogens with one attached hydrogen (secondary N) is 2. The van der Waals surface area contributed by atoms with Crippen LogP contribution in [0.25, 0.3) is 11.1 Å². The zero-order chi connectivity index (χ0) is 34.2. The Hall–Kier alpha value is -5.50. The molecule has 1 saturated carbocycles. The second-order valence-electron chi connectivity index (χ2n) is 12.2. The largest absolute Gasteiger partial charge is 0.510 e. The van der Waals surface area contributed by atoms with Crippen molar-refractivity contribution in [1.29, 1.82) is 0 Å². The van der Waals surface area contributed by atoms with Crippen LogP contribution in [0.15, 0.2) is 82.9 Å². The molecule has 1 fully saturated rings. The highest BCUT2D eigenvalue weighted by Gasteiger charge is 2.49. The van der Waals surface area contributed by atoms with E-state index in [4.69, 9.17) is 14.5 Å². The summed E-state index contributed by atoms with van der Waals surface area (Å²) in [6.07, 6.45) is 5.78. The van der Waals surface area contributed by atoms with Crippen LogP contribution >= 0.6 is 0 Å². The predicted molar refractivity (Wildman–Crippen MR) is 180 cm³/mol. The molecule has 0 aromatic heterocycles. The fraction of sp³-hybridized carbons (Fsp3) is 0.371. The van der Waals surface area contributed by atoms with E-state index in [1.807, 2.05) is 41.3 Å². The Morgan fingerprint density at radius 2 is 1.69 bits per heavy atom. The first-order valence-electron chi connectivity index (χ1n) is 16.5.